The molecular weight excluding hydrogens is 340 g/mol. The van der Waals surface area contributed by atoms with Gasteiger partial charge in [-0.05, 0) is 51.1 Å². The van der Waals surface area contributed by atoms with Crippen LogP contribution >= 0.6 is 22.7 Å². The van der Waals surface area contributed by atoms with Gasteiger partial charge in [0.05, 0.1) is 12.1 Å². The molecule has 0 fully saturated rings. The first-order valence-corrected chi connectivity index (χ1v) is 9.66. The fourth-order valence-electron chi connectivity index (χ4n) is 2.48. The molecule has 0 unspecified atom stereocenters. The normalized spacial score (nSPS) is 13.9. The van der Waals surface area contributed by atoms with Crippen molar-refractivity contribution in [2.75, 3.05) is 41.3 Å². The van der Waals surface area contributed by atoms with E-state index in [4.69, 9.17) is 0 Å². The molecule has 0 saturated heterocycles. The number of thiophene rings is 2. The minimum atomic E-state index is -0.123. The average molecular weight is 367 g/mol. The number of rotatable bonds is 8. The van der Waals surface area contributed by atoms with Gasteiger partial charge in [0, 0.05) is 22.8 Å². The van der Waals surface area contributed by atoms with Crippen molar-refractivity contribution >= 4 is 28.7 Å². The van der Waals surface area contributed by atoms with Crippen LogP contribution in [0.2, 0.25) is 0 Å². The molecule has 0 saturated carbocycles. The molecule has 2 N–H and O–H groups in total. The molecule has 2 heterocycles. The largest absolute Gasteiger partial charge is 0.336 e. The summed E-state index contributed by atoms with van der Waals surface area (Å²) in [6, 6.07) is 8.55. The summed E-state index contributed by atoms with van der Waals surface area (Å²) >= 11 is 3.43. The second-order valence-corrected chi connectivity index (χ2v) is 8.04. The Labute approximate surface area is 152 Å². The number of amides is 2. The average Bonchev–Trinajstić information content (AvgIpc) is 3.20. The number of likely N-dealkylation sites (N-methyl/N-ethyl adjacent to an activating group) is 2. The minimum absolute atomic E-state index is 0.123. The molecule has 7 heteroatoms. The van der Waals surface area contributed by atoms with Crippen molar-refractivity contribution in [1.82, 2.24) is 20.4 Å². The highest BCUT2D eigenvalue weighted by atomic mass is 32.1. The Hall–Kier alpha value is -1.41. The zero-order valence-electron chi connectivity index (χ0n) is 14.7. The van der Waals surface area contributed by atoms with E-state index in [9.17, 15) is 4.79 Å². The van der Waals surface area contributed by atoms with Gasteiger partial charge in [-0.25, -0.2) is 4.79 Å². The molecule has 0 aromatic carbocycles. The number of nitrogens with one attached hydrogen (secondary N) is 2. The highest BCUT2D eigenvalue weighted by molar-refractivity contribution is 7.10. The van der Waals surface area contributed by atoms with Crippen molar-refractivity contribution in [2.45, 2.75) is 12.1 Å². The van der Waals surface area contributed by atoms with E-state index < -0.39 is 0 Å². The number of carbonyl (C=O) groups is 1. The van der Waals surface area contributed by atoms with Gasteiger partial charge in [0.15, 0.2) is 0 Å². The smallest absolute Gasteiger partial charge is 0.314 e. The fraction of sp³-hybridized carbons (Fsp3) is 0.471. The first-order chi connectivity index (χ1) is 11.5. The van der Waals surface area contributed by atoms with E-state index in [0.29, 0.717) is 13.1 Å². The number of hydrogen-bond donors (Lipinski definition) is 2. The summed E-state index contributed by atoms with van der Waals surface area (Å²) < 4.78 is 0. The zero-order chi connectivity index (χ0) is 17.5. The second kappa shape index (κ2) is 9.17. The van der Waals surface area contributed by atoms with Crippen LogP contribution in [-0.4, -0.2) is 57.1 Å². The predicted molar refractivity (Wildman–Crippen MR) is 103 cm³/mol. The molecule has 5 nitrogen and oxygen atoms in total. The third-order valence-electron chi connectivity index (χ3n) is 3.90. The Kier molecular flexibility index (Phi) is 7.23. The number of hydrogen-bond acceptors (Lipinski definition) is 5. The van der Waals surface area contributed by atoms with Gasteiger partial charge in [-0.3, -0.25) is 0 Å². The van der Waals surface area contributed by atoms with Gasteiger partial charge in [-0.1, -0.05) is 12.1 Å². The maximum Gasteiger partial charge on any atom is 0.314 e. The molecule has 2 rings (SSSR count). The Morgan fingerprint density at radius 1 is 0.917 bits per heavy atom. The zero-order valence-corrected chi connectivity index (χ0v) is 16.3. The van der Waals surface area contributed by atoms with Crippen LogP contribution in [0.5, 0.6) is 0 Å². The highest BCUT2D eigenvalue weighted by Gasteiger charge is 2.18. The molecule has 0 bridgehead atoms. The van der Waals surface area contributed by atoms with Crippen LogP contribution in [0.4, 0.5) is 4.79 Å². The first kappa shape index (κ1) is 18.9. The molecule has 2 aromatic heterocycles. The molecule has 0 aliphatic heterocycles. The van der Waals surface area contributed by atoms with Crippen molar-refractivity contribution in [2.24, 2.45) is 0 Å². The van der Waals surface area contributed by atoms with Gasteiger partial charge >= 0.3 is 6.03 Å². The first-order valence-electron chi connectivity index (χ1n) is 7.90. The Balaban J connectivity index is 1.84. The van der Waals surface area contributed by atoms with Crippen molar-refractivity contribution in [1.29, 1.82) is 0 Å². The summed E-state index contributed by atoms with van der Waals surface area (Å²) in [6.07, 6.45) is 0. The Morgan fingerprint density at radius 2 is 1.33 bits per heavy atom. The van der Waals surface area contributed by atoms with Gasteiger partial charge < -0.3 is 20.4 Å². The Morgan fingerprint density at radius 3 is 1.62 bits per heavy atom. The van der Waals surface area contributed by atoms with E-state index in [1.807, 2.05) is 40.3 Å². The molecule has 0 aliphatic carbocycles. The highest BCUT2D eigenvalue weighted by Crippen LogP contribution is 2.23. The van der Waals surface area contributed by atoms with Gasteiger partial charge in [-0.15, -0.1) is 22.7 Å². The topological polar surface area (TPSA) is 47.6 Å². The molecule has 0 radical (unpaired) electrons. The standard InChI is InChI=1S/C17H26N4OS2/c1-20(2)13(15-7-5-9-23-15)11-18-17(22)19-12-14(21(3)4)16-8-6-10-24-16/h5-10,13-14H,11-12H2,1-4H3,(H2,18,19,22)/t13-,14+. The van der Waals surface area contributed by atoms with Crippen LogP contribution in [0, 0.1) is 0 Å². The third kappa shape index (κ3) is 5.31. The van der Waals surface area contributed by atoms with E-state index in [-0.39, 0.29) is 18.1 Å². The van der Waals surface area contributed by atoms with Crippen LogP contribution in [0.1, 0.15) is 21.8 Å². The number of carbonyl (C=O) groups excluding carboxylic acids is 1. The molecule has 2 amide bonds. The van der Waals surface area contributed by atoms with E-state index in [2.05, 4.69) is 43.3 Å². The SMILES string of the molecule is CN(C)[C@H](CNC(=O)NC[C@@H](c1cccs1)N(C)C)c1cccs1. The summed E-state index contributed by atoms with van der Waals surface area (Å²) in [5.74, 6) is 0. The van der Waals surface area contributed by atoms with Crippen molar-refractivity contribution in [3.8, 4) is 0 Å². The van der Waals surface area contributed by atoms with Crippen molar-refractivity contribution < 1.29 is 4.79 Å². The molecule has 0 spiro atoms. The molecule has 0 aliphatic rings. The second-order valence-electron chi connectivity index (χ2n) is 6.08. The lowest BCUT2D eigenvalue weighted by Gasteiger charge is -2.25. The predicted octanol–water partition coefficient (Wildman–Crippen LogP) is 3.01. The number of nitrogens with zero attached hydrogens (tertiary/aromatic N) is 2. The van der Waals surface area contributed by atoms with Gasteiger partial charge in [0.2, 0.25) is 0 Å². The van der Waals surface area contributed by atoms with Crippen LogP contribution < -0.4 is 10.6 Å². The molecular formula is C17H26N4OS2. The maximum atomic E-state index is 12.2. The summed E-state index contributed by atoms with van der Waals surface area (Å²) in [4.78, 5) is 18.9. The van der Waals surface area contributed by atoms with Crippen molar-refractivity contribution in [3.05, 3.63) is 44.8 Å². The lowest BCUT2D eigenvalue weighted by Crippen LogP contribution is -2.43. The van der Waals surface area contributed by atoms with Crippen LogP contribution in [0.3, 0.4) is 0 Å². The molecule has 2 atom stereocenters. The monoisotopic (exact) mass is 366 g/mol. The lowest BCUT2D eigenvalue weighted by atomic mass is 10.2. The van der Waals surface area contributed by atoms with E-state index in [1.165, 1.54) is 9.75 Å². The van der Waals surface area contributed by atoms with Gasteiger partial charge in [0.25, 0.3) is 0 Å². The van der Waals surface area contributed by atoms with Gasteiger partial charge in [-0.2, -0.15) is 0 Å². The van der Waals surface area contributed by atoms with E-state index >= 15 is 0 Å². The van der Waals surface area contributed by atoms with Crippen LogP contribution in [0.15, 0.2) is 35.0 Å². The summed E-state index contributed by atoms with van der Waals surface area (Å²) in [5, 5.41) is 10.1. The lowest BCUT2D eigenvalue weighted by molar-refractivity contribution is 0.227. The van der Waals surface area contributed by atoms with Crippen LogP contribution in [-0.2, 0) is 0 Å². The minimum Gasteiger partial charge on any atom is -0.336 e. The fourth-order valence-corrected chi connectivity index (χ4v) is 4.32. The Bertz CT molecular complexity index is 544. The van der Waals surface area contributed by atoms with E-state index in [1.54, 1.807) is 22.7 Å². The molecule has 24 heavy (non-hydrogen) atoms. The van der Waals surface area contributed by atoms with Gasteiger partial charge in [0.1, 0.15) is 0 Å². The summed E-state index contributed by atoms with van der Waals surface area (Å²) in [6.45, 7) is 1.18. The number of urea groups is 1. The molecule has 2 aromatic rings. The maximum absolute atomic E-state index is 12.2. The summed E-state index contributed by atoms with van der Waals surface area (Å²) in [5.41, 5.74) is 0. The van der Waals surface area contributed by atoms with Crippen LogP contribution in [0.25, 0.3) is 0 Å². The third-order valence-corrected chi connectivity index (χ3v) is 5.85. The van der Waals surface area contributed by atoms with E-state index in [0.717, 1.165) is 0 Å². The molecule has 132 valence electrons. The summed E-state index contributed by atoms with van der Waals surface area (Å²) in [7, 11) is 8.12. The quantitative estimate of drug-likeness (QED) is 0.755. The van der Waals surface area contributed by atoms with Crippen molar-refractivity contribution in [3.63, 3.8) is 0 Å².